The van der Waals surface area contributed by atoms with Gasteiger partial charge >= 0.3 is 0 Å². The van der Waals surface area contributed by atoms with E-state index in [4.69, 9.17) is 16.2 Å². The molecule has 0 bridgehead atoms. The van der Waals surface area contributed by atoms with Gasteiger partial charge in [0.25, 0.3) is 0 Å². The van der Waals surface area contributed by atoms with E-state index in [-0.39, 0.29) is 17.2 Å². The predicted molar refractivity (Wildman–Crippen MR) is 91.7 cm³/mol. The number of carbonyl (C=O) groups excluding carboxylic acids is 1. The van der Waals surface area contributed by atoms with E-state index >= 15 is 0 Å². The lowest BCUT2D eigenvalue weighted by Crippen LogP contribution is -2.07. The van der Waals surface area contributed by atoms with E-state index < -0.39 is 0 Å². The fourth-order valence-electron chi connectivity index (χ4n) is 2.25. The van der Waals surface area contributed by atoms with Crippen LogP contribution in [0.2, 0.25) is 0 Å². The zero-order valence-corrected chi connectivity index (χ0v) is 12.4. The molecule has 0 radical (unpaired) electrons. The van der Waals surface area contributed by atoms with Crippen molar-refractivity contribution >= 4 is 17.2 Å². The Balaban J connectivity index is 2.07. The minimum atomic E-state index is -0.164. The van der Waals surface area contributed by atoms with Crippen molar-refractivity contribution in [1.29, 1.82) is 0 Å². The molecule has 0 unspecified atom stereocenters. The van der Waals surface area contributed by atoms with Crippen LogP contribution in [0, 0.1) is 0 Å². The Bertz CT molecular complexity index is 831. The minimum absolute atomic E-state index is 0.164. The molecule has 23 heavy (non-hydrogen) atoms. The van der Waals surface area contributed by atoms with E-state index in [9.17, 15) is 4.79 Å². The number of hydrogen-bond acceptors (Lipinski definition) is 4. The summed E-state index contributed by atoms with van der Waals surface area (Å²) >= 11 is 0. The lowest BCUT2D eigenvalue weighted by molar-refractivity contribution is 0.103. The van der Waals surface area contributed by atoms with Crippen LogP contribution < -0.4 is 16.2 Å². The summed E-state index contributed by atoms with van der Waals surface area (Å²) in [5.74, 6) is 0.709. The quantitative estimate of drug-likeness (QED) is 0.566. The van der Waals surface area contributed by atoms with Gasteiger partial charge in [-0.15, -0.1) is 0 Å². The Hall–Kier alpha value is -3.27. The molecule has 0 aliphatic carbocycles. The number of benzene rings is 3. The Labute approximate surface area is 134 Å². The van der Waals surface area contributed by atoms with Crippen LogP contribution in [0.25, 0.3) is 0 Å². The zero-order chi connectivity index (χ0) is 16.2. The van der Waals surface area contributed by atoms with Crippen molar-refractivity contribution in [3.8, 4) is 11.5 Å². The van der Waals surface area contributed by atoms with Crippen LogP contribution >= 0.6 is 0 Å². The number of para-hydroxylation sites is 1. The molecule has 0 saturated carbocycles. The number of rotatable bonds is 4. The molecule has 3 aromatic rings. The lowest BCUT2D eigenvalue weighted by atomic mass is 10.0. The molecule has 4 heteroatoms. The van der Waals surface area contributed by atoms with Crippen molar-refractivity contribution in [1.82, 2.24) is 0 Å². The monoisotopic (exact) mass is 304 g/mol. The Morgan fingerprint density at radius 2 is 1.39 bits per heavy atom. The second kappa shape index (κ2) is 6.23. The summed E-state index contributed by atoms with van der Waals surface area (Å²) in [7, 11) is 0. The highest BCUT2D eigenvalue weighted by Crippen LogP contribution is 2.36. The molecule has 0 saturated heterocycles. The maximum absolute atomic E-state index is 12.7. The van der Waals surface area contributed by atoms with Gasteiger partial charge in [0.05, 0.1) is 16.9 Å². The largest absolute Gasteiger partial charge is 0.454 e. The third-order valence-corrected chi connectivity index (χ3v) is 3.47. The van der Waals surface area contributed by atoms with Crippen molar-refractivity contribution in [2.24, 2.45) is 0 Å². The first-order valence-electron chi connectivity index (χ1n) is 7.17. The summed E-state index contributed by atoms with van der Waals surface area (Å²) in [5.41, 5.74) is 13.5. The average Bonchev–Trinajstić information content (AvgIpc) is 2.60. The van der Waals surface area contributed by atoms with E-state index in [1.807, 2.05) is 36.4 Å². The summed E-state index contributed by atoms with van der Waals surface area (Å²) in [6, 6.07) is 21.4. The molecule has 3 rings (SSSR count). The molecule has 0 aliphatic heterocycles. The normalized spacial score (nSPS) is 10.3. The van der Waals surface area contributed by atoms with E-state index in [1.165, 1.54) is 0 Å². The van der Waals surface area contributed by atoms with Crippen molar-refractivity contribution in [3.05, 3.63) is 83.9 Å². The Morgan fingerprint density at radius 1 is 0.783 bits per heavy atom. The Kier molecular flexibility index (Phi) is 3.97. The van der Waals surface area contributed by atoms with Crippen LogP contribution in [0.3, 0.4) is 0 Å². The van der Waals surface area contributed by atoms with Gasteiger partial charge in [0, 0.05) is 5.56 Å². The first-order valence-corrected chi connectivity index (χ1v) is 7.17. The van der Waals surface area contributed by atoms with Crippen molar-refractivity contribution in [2.45, 2.75) is 0 Å². The minimum Gasteiger partial charge on any atom is -0.454 e. The molecule has 0 aliphatic rings. The van der Waals surface area contributed by atoms with E-state index in [0.29, 0.717) is 22.6 Å². The van der Waals surface area contributed by atoms with Gasteiger partial charge in [0.1, 0.15) is 5.75 Å². The highest BCUT2D eigenvalue weighted by molar-refractivity contribution is 6.12. The molecule has 0 atom stereocenters. The molecule has 0 spiro atoms. The maximum atomic E-state index is 12.7. The predicted octanol–water partition coefficient (Wildman–Crippen LogP) is 3.87. The van der Waals surface area contributed by atoms with Crippen LogP contribution in [-0.2, 0) is 0 Å². The van der Waals surface area contributed by atoms with Crippen LogP contribution in [0.1, 0.15) is 15.9 Å². The number of ether oxygens (including phenoxy) is 1. The first-order chi connectivity index (χ1) is 11.2. The summed E-state index contributed by atoms with van der Waals surface area (Å²) in [4.78, 5) is 12.7. The molecule has 0 amide bonds. The van der Waals surface area contributed by atoms with Gasteiger partial charge in [-0.3, -0.25) is 4.79 Å². The third kappa shape index (κ3) is 3.01. The third-order valence-electron chi connectivity index (χ3n) is 3.47. The first kappa shape index (κ1) is 14.7. The number of hydrogen-bond donors (Lipinski definition) is 2. The van der Waals surface area contributed by atoms with Gasteiger partial charge in [-0.25, -0.2) is 0 Å². The highest BCUT2D eigenvalue weighted by atomic mass is 16.5. The molecule has 4 nitrogen and oxygen atoms in total. The van der Waals surface area contributed by atoms with Gasteiger partial charge in [-0.05, 0) is 24.3 Å². The molecule has 0 aromatic heterocycles. The van der Waals surface area contributed by atoms with Crippen LogP contribution in [0.5, 0.6) is 11.5 Å². The van der Waals surface area contributed by atoms with E-state index in [1.54, 1.807) is 36.4 Å². The fraction of sp³-hybridized carbons (Fsp3) is 0. The lowest BCUT2D eigenvalue weighted by Gasteiger charge is -2.14. The summed E-state index contributed by atoms with van der Waals surface area (Å²) in [6.07, 6.45) is 0. The van der Waals surface area contributed by atoms with Crippen LogP contribution in [-0.4, -0.2) is 5.78 Å². The summed E-state index contributed by atoms with van der Waals surface area (Å²) < 4.78 is 5.84. The standard InChI is InChI=1S/C19H16N2O2/c20-16-12-11-15(18(22)13-7-3-1-4-8-13)19(17(16)21)23-14-9-5-2-6-10-14/h1-12H,20-21H2. The van der Waals surface area contributed by atoms with E-state index in [2.05, 4.69) is 0 Å². The van der Waals surface area contributed by atoms with Gasteiger partial charge in [0.2, 0.25) is 0 Å². The van der Waals surface area contributed by atoms with Gasteiger partial charge in [0.15, 0.2) is 11.5 Å². The van der Waals surface area contributed by atoms with Gasteiger partial charge in [-0.2, -0.15) is 0 Å². The maximum Gasteiger partial charge on any atom is 0.196 e. The molecule has 3 aromatic carbocycles. The van der Waals surface area contributed by atoms with Crippen LogP contribution in [0.4, 0.5) is 11.4 Å². The van der Waals surface area contributed by atoms with Gasteiger partial charge in [-0.1, -0.05) is 48.5 Å². The Morgan fingerprint density at radius 3 is 2.04 bits per heavy atom. The van der Waals surface area contributed by atoms with Gasteiger partial charge < -0.3 is 16.2 Å². The fourth-order valence-corrected chi connectivity index (χ4v) is 2.25. The van der Waals surface area contributed by atoms with Crippen molar-refractivity contribution in [2.75, 3.05) is 11.5 Å². The highest BCUT2D eigenvalue weighted by Gasteiger charge is 2.19. The van der Waals surface area contributed by atoms with Crippen molar-refractivity contribution in [3.63, 3.8) is 0 Å². The molecule has 0 fully saturated rings. The number of carbonyl (C=O) groups is 1. The van der Waals surface area contributed by atoms with E-state index in [0.717, 1.165) is 0 Å². The smallest absolute Gasteiger partial charge is 0.196 e. The second-order valence-electron chi connectivity index (χ2n) is 5.06. The van der Waals surface area contributed by atoms with Crippen LogP contribution in [0.15, 0.2) is 72.8 Å². The van der Waals surface area contributed by atoms with Crippen molar-refractivity contribution < 1.29 is 9.53 Å². The second-order valence-corrected chi connectivity index (χ2v) is 5.06. The summed E-state index contributed by atoms with van der Waals surface area (Å²) in [6.45, 7) is 0. The zero-order valence-electron chi connectivity index (χ0n) is 12.4. The molecular weight excluding hydrogens is 288 g/mol. The number of ketones is 1. The molecule has 4 N–H and O–H groups in total. The average molecular weight is 304 g/mol. The summed E-state index contributed by atoms with van der Waals surface area (Å²) in [5, 5.41) is 0. The number of nitrogen functional groups attached to an aromatic ring is 2. The number of anilines is 2. The topological polar surface area (TPSA) is 78.3 Å². The molecule has 0 heterocycles. The SMILES string of the molecule is Nc1ccc(C(=O)c2ccccc2)c(Oc2ccccc2)c1N. The molecular formula is C19H16N2O2. The number of nitrogens with two attached hydrogens (primary N) is 2. The molecule has 114 valence electrons.